The molecule has 0 bridgehead atoms. The number of tetrazole rings is 1. The molecule has 0 radical (unpaired) electrons. The fraction of sp³-hybridized carbons (Fsp3) is 0.889. The van der Waals surface area contributed by atoms with Crippen molar-refractivity contribution in [2.45, 2.75) is 42.9 Å². The highest BCUT2D eigenvalue weighted by molar-refractivity contribution is 7.99. The summed E-state index contributed by atoms with van der Waals surface area (Å²) in [5, 5.41) is 12.4. The smallest absolute Gasteiger partial charge is 0.166 e. The zero-order chi connectivity index (χ0) is 10.7. The molecular weight excluding hydrogens is 232 g/mol. The van der Waals surface area contributed by atoms with E-state index in [2.05, 4.69) is 21.8 Å². The van der Waals surface area contributed by atoms with Crippen LogP contribution in [0.15, 0.2) is 0 Å². The average molecular weight is 247 g/mol. The van der Waals surface area contributed by atoms with E-state index in [1.165, 1.54) is 19.3 Å². The van der Waals surface area contributed by atoms with E-state index >= 15 is 0 Å². The maximum absolute atomic E-state index is 5.79. The zero-order valence-electron chi connectivity index (χ0n) is 8.77. The quantitative estimate of drug-likeness (QED) is 0.768. The van der Waals surface area contributed by atoms with Crippen molar-refractivity contribution < 1.29 is 0 Å². The molecule has 2 rings (SSSR count). The summed E-state index contributed by atoms with van der Waals surface area (Å²) in [5.74, 6) is 1.19. The lowest BCUT2D eigenvalue weighted by molar-refractivity contribution is 0.325. The van der Waals surface area contributed by atoms with E-state index in [0.29, 0.717) is 11.9 Å². The zero-order valence-corrected chi connectivity index (χ0v) is 10.3. The first kappa shape index (κ1) is 11.2. The molecule has 84 valence electrons. The van der Waals surface area contributed by atoms with Gasteiger partial charge in [-0.2, -0.15) is 11.8 Å². The molecule has 0 aromatic carbocycles. The standard InChI is InChI=1S/C9H15ClN4S/c1-15-8-4-2-3-7(5-8)14-9(6-10)11-12-13-14/h7-8H,2-6H2,1H3. The average Bonchev–Trinajstić information content (AvgIpc) is 2.77. The maximum Gasteiger partial charge on any atom is 0.166 e. The number of rotatable bonds is 3. The number of hydrogen-bond donors (Lipinski definition) is 0. The third-order valence-corrected chi connectivity index (χ3v) is 4.29. The molecule has 1 heterocycles. The van der Waals surface area contributed by atoms with Gasteiger partial charge < -0.3 is 0 Å². The Bertz CT molecular complexity index is 317. The Hall–Kier alpha value is -0.290. The van der Waals surface area contributed by atoms with Gasteiger partial charge in [-0.1, -0.05) is 6.42 Å². The Labute approximate surface area is 98.8 Å². The summed E-state index contributed by atoms with van der Waals surface area (Å²) in [4.78, 5) is 0. The van der Waals surface area contributed by atoms with Crippen LogP contribution in [0.3, 0.4) is 0 Å². The monoisotopic (exact) mass is 246 g/mol. The van der Waals surface area contributed by atoms with Gasteiger partial charge in [0.2, 0.25) is 0 Å². The first-order valence-electron chi connectivity index (χ1n) is 5.20. The largest absolute Gasteiger partial charge is 0.225 e. The van der Waals surface area contributed by atoms with Gasteiger partial charge in [0.25, 0.3) is 0 Å². The summed E-state index contributed by atoms with van der Waals surface area (Å²) in [7, 11) is 0. The van der Waals surface area contributed by atoms with Crippen LogP contribution >= 0.6 is 23.4 Å². The minimum absolute atomic E-state index is 0.396. The molecule has 1 aromatic heterocycles. The highest BCUT2D eigenvalue weighted by atomic mass is 35.5. The molecule has 0 saturated heterocycles. The van der Waals surface area contributed by atoms with Gasteiger partial charge in [0.05, 0.1) is 11.9 Å². The van der Waals surface area contributed by atoms with Crippen molar-refractivity contribution in [2.75, 3.05) is 6.26 Å². The normalized spacial score (nSPS) is 26.8. The van der Waals surface area contributed by atoms with Crippen molar-refractivity contribution in [1.29, 1.82) is 0 Å². The van der Waals surface area contributed by atoms with E-state index in [-0.39, 0.29) is 0 Å². The van der Waals surface area contributed by atoms with Crippen LogP contribution in [0.25, 0.3) is 0 Å². The van der Waals surface area contributed by atoms with Gasteiger partial charge in [0.15, 0.2) is 5.82 Å². The molecule has 15 heavy (non-hydrogen) atoms. The molecule has 0 N–H and O–H groups in total. The van der Waals surface area contributed by atoms with Crippen LogP contribution in [0.1, 0.15) is 37.5 Å². The molecular formula is C9H15ClN4S. The molecule has 1 aliphatic rings. The van der Waals surface area contributed by atoms with Crippen LogP contribution in [0.5, 0.6) is 0 Å². The molecule has 4 nitrogen and oxygen atoms in total. The van der Waals surface area contributed by atoms with E-state index in [0.717, 1.165) is 17.5 Å². The van der Waals surface area contributed by atoms with Crippen molar-refractivity contribution in [3.8, 4) is 0 Å². The van der Waals surface area contributed by atoms with Crippen molar-refractivity contribution in [2.24, 2.45) is 0 Å². The maximum atomic E-state index is 5.79. The number of halogens is 1. The highest BCUT2D eigenvalue weighted by Gasteiger charge is 2.25. The molecule has 1 fully saturated rings. The molecule has 2 unspecified atom stereocenters. The first-order valence-corrected chi connectivity index (χ1v) is 7.03. The fourth-order valence-electron chi connectivity index (χ4n) is 2.14. The van der Waals surface area contributed by atoms with Gasteiger partial charge in [-0.25, -0.2) is 4.68 Å². The van der Waals surface area contributed by atoms with Crippen LogP contribution in [-0.4, -0.2) is 31.7 Å². The van der Waals surface area contributed by atoms with E-state index in [1.54, 1.807) is 0 Å². The number of nitrogens with zero attached hydrogens (tertiary/aromatic N) is 4. The Morgan fingerprint density at radius 2 is 2.40 bits per heavy atom. The summed E-state index contributed by atoms with van der Waals surface area (Å²) in [5.41, 5.74) is 0. The number of hydrogen-bond acceptors (Lipinski definition) is 4. The second-order valence-corrected chi connectivity index (χ2v) is 5.26. The summed E-state index contributed by atoms with van der Waals surface area (Å²) in [6.45, 7) is 0. The predicted octanol–water partition coefficient (Wildman–Crippen LogP) is 2.26. The van der Waals surface area contributed by atoms with E-state index in [1.807, 2.05) is 16.4 Å². The molecule has 0 spiro atoms. The molecule has 6 heteroatoms. The van der Waals surface area contributed by atoms with Gasteiger partial charge in [-0.05, 0) is 35.9 Å². The van der Waals surface area contributed by atoms with E-state index in [4.69, 9.17) is 11.6 Å². The van der Waals surface area contributed by atoms with E-state index in [9.17, 15) is 0 Å². The van der Waals surface area contributed by atoms with Crippen LogP contribution < -0.4 is 0 Å². The first-order chi connectivity index (χ1) is 7.35. The van der Waals surface area contributed by atoms with Gasteiger partial charge in [0, 0.05) is 5.25 Å². The van der Waals surface area contributed by atoms with Gasteiger partial charge in [-0.3, -0.25) is 0 Å². The molecule has 1 aromatic rings. The lowest BCUT2D eigenvalue weighted by Crippen LogP contribution is -2.22. The Morgan fingerprint density at radius 3 is 3.13 bits per heavy atom. The van der Waals surface area contributed by atoms with Crippen LogP contribution in [0.4, 0.5) is 0 Å². The summed E-state index contributed by atoms with van der Waals surface area (Å²) >= 11 is 7.74. The fourth-order valence-corrected chi connectivity index (χ4v) is 3.13. The van der Waals surface area contributed by atoms with E-state index < -0.39 is 0 Å². The third kappa shape index (κ3) is 2.45. The SMILES string of the molecule is CSC1CCCC(n2nnnc2CCl)C1. The molecule has 2 atom stereocenters. The Balaban J connectivity index is 2.09. The van der Waals surface area contributed by atoms with Gasteiger partial charge in [0.1, 0.15) is 0 Å². The second kappa shape index (κ2) is 5.16. The van der Waals surface area contributed by atoms with Crippen LogP contribution in [0.2, 0.25) is 0 Å². The minimum atomic E-state index is 0.396. The number of alkyl halides is 1. The Morgan fingerprint density at radius 1 is 1.53 bits per heavy atom. The van der Waals surface area contributed by atoms with Gasteiger partial charge >= 0.3 is 0 Å². The molecule has 0 amide bonds. The van der Waals surface area contributed by atoms with Crippen molar-refractivity contribution in [3.05, 3.63) is 5.82 Å². The van der Waals surface area contributed by atoms with Gasteiger partial charge in [-0.15, -0.1) is 16.7 Å². The number of thioether (sulfide) groups is 1. The Kier molecular flexibility index (Phi) is 3.86. The van der Waals surface area contributed by atoms with Crippen molar-refractivity contribution >= 4 is 23.4 Å². The molecule has 1 saturated carbocycles. The summed E-state index contributed by atoms with van der Waals surface area (Å²) in [6, 6.07) is 0.444. The lowest BCUT2D eigenvalue weighted by atomic mass is 9.95. The minimum Gasteiger partial charge on any atom is -0.225 e. The predicted molar refractivity (Wildman–Crippen MR) is 62.2 cm³/mol. The lowest BCUT2D eigenvalue weighted by Gasteiger charge is -2.28. The molecule has 0 aliphatic heterocycles. The summed E-state index contributed by atoms with van der Waals surface area (Å²) in [6.07, 6.45) is 7.09. The molecule has 1 aliphatic carbocycles. The third-order valence-electron chi connectivity index (χ3n) is 2.96. The van der Waals surface area contributed by atoms with Crippen LogP contribution in [0, 0.1) is 0 Å². The topological polar surface area (TPSA) is 43.6 Å². The van der Waals surface area contributed by atoms with Crippen molar-refractivity contribution in [3.63, 3.8) is 0 Å². The number of aromatic nitrogens is 4. The van der Waals surface area contributed by atoms with Crippen molar-refractivity contribution in [1.82, 2.24) is 20.2 Å². The summed E-state index contributed by atoms with van der Waals surface area (Å²) < 4.78 is 1.91. The second-order valence-electron chi connectivity index (χ2n) is 3.85. The van der Waals surface area contributed by atoms with Crippen LogP contribution in [-0.2, 0) is 5.88 Å². The highest BCUT2D eigenvalue weighted by Crippen LogP contribution is 2.33.